The quantitative estimate of drug-likeness (QED) is 0.834. The highest BCUT2D eigenvalue weighted by molar-refractivity contribution is 7.99. The summed E-state index contributed by atoms with van der Waals surface area (Å²) in [4.78, 5) is 13.9. The van der Waals surface area contributed by atoms with E-state index in [-0.39, 0.29) is 18.3 Å². The zero-order chi connectivity index (χ0) is 15.2. The minimum Gasteiger partial charge on any atom is -0.387 e. The van der Waals surface area contributed by atoms with Crippen LogP contribution < -0.4 is 5.32 Å². The van der Waals surface area contributed by atoms with Crippen molar-refractivity contribution < 1.29 is 14.3 Å². The van der Waals surface area contributed by atoms with Gasteiger partial charge < -0.3 is 10.4 Å². The molecule has 1 aromatic rings. The molecule has 1 saturated heterocycles. The fourth-order valence-corrected chi connectivity index (χ4v) is 3.59. The van der Waals surface area contributed by atoms with Gasteiger partial charge in [0.2, 0.25) is 5.91 Å². The van der Waals surface area contributed by atoms with E-state index in [1.807, 2.05) is 18.8 Å². The summed E-state index contributed by atoms with van der Waals surface area (Å²) in [6, 6.07) is 6.10. The number of nitrogens with one attached hydrogen (secondary N) is 1. The average molecular weight is 312 g/mol. The molecule has 0 spiro atoms. The lowest BCUT2D eigenvalue weighted by atomic mass is 10.1. The highest BCUT2D eigenvalue weighted by Gasteiger charge is 2.21. The standard InChI is InChI=1S/C15H21FN2O2S/c1-18(13-6-7-21-10-13)9-15(20)17-8-14(19)11-2-4-12(16)5-3-11/h2-5,13-14,19H,6-10H2,1H3,(H,17,20). The van der Waals surface area contributed by atoms with Crippen molar-refractivity contribution in [3.8, 4) is 0 Å². The third-order valence-corrected chi connectivity index (χ3v) is 4.81. The van der Waals surface area contributed by atoms with Crippen LogP contribution in [0.5, 0.6) is 0 Å². The first-order chi connectivity index (χ1) is 10.1. The second-order valence-electron chi connectivity index (χ2n) is 5.30. The Morgan fingerprint density at radius 2 is 2.24 bits per heavy atom. The van der Waals surface area contributed by atoms with Crippen LogP contribution in [0.4, 0.5) is 4.39 Å². The van der Waals surface area contributed by atoms with Gasteiger partial charge in [-0.2, -0.15) is 11.8 Å². The zero-order valence-corrected chi connectivity index (χ0v) is 12.9. The summed E-state index contributed by atoms with van der Waals surface area (Å²) in [6.07, 6.45) is 0.300. The summed E-state index contributed by atoms with van der Waals surface area (Å²) in [5.74, 6) is 1.78. The van der Waals surface area contributed by atoms with Crippen molar-refractivity contribution in [3.05, 3.63) is 35.6 Å². The highest BCUT2D eigenvalue weighted by atomic mass is 32.2. The van der Waals surface area contributed by atoms with Crippen LogP contribution >= 0.6 is 11.8 Å². The van der Waals surface area contributed by atoms with E-state index < -0.39 is 6.10 Å². The summed E-state index contributed by atoms with van der Waals surface area (Å²) in [7, 11) is 1.95. The third kappa shape index (κ3) is 4.98. The van der Waals surface area contributed by atoms with Gasteiger partial charge in [0.15, 0.2) is 0 Å². The second-order valence-corrected chi connectivity index (χ2v) is 6.45. The lowest BCUT2D eigenvalue weighted by molar-refractivity contribution is -0.122. The molecule has 6 heteroatoms. The molecule has 2 rings (SSSR count). The van der Waals surface area contributed by atoms with E-state index in [0.717, 1.165) is 17.9 Å². The summed E-state index contributed by atoms with van der Waals surface area (Å²) in [6.45, 7) is 0.471. The first-order valence-corrected chi connectivity index (χ1v) is 8.20. The fourth-order valence-electron chi connectivity index (χ4n) is 2.29. The van der Waals surface area contributed by atoms with Crippen molar-refractivity contribution in [2.75, 3.05) is 31.6 Å². The maximum Gasteiger partial charge on any atom is 0.234 e. The number of aliphatic hydroxyl groups excluding tert-OH is 1. The Morgan fingerprint density at radius 3 is 2.86 bits per heavy atom. The Bertz CT molecular complexity index is 463. The number of hydrogen-bond donors (Lipinski definition) is 2. The lowest BCUT2D eigenvalue weighted by Gasteiger charge is -2.23. The van der Waals surface area contributed by atoms with Crippen LogP contribution in [0.1, 0.15) is 18.1 Å². The smallest absolute Gasteiger partial charge is 0.234 e. The molecular weight excluding hydrogens is 291 g/mol. The van der Waals surface area contributed by atoms with Crippen molar-refractivity contribution >= 4 is 17.7 Å². The maximum atomic E-state index is 12.8. The molecule has 2 unspecified atom stereocenters. The number of hydrogen-bond acceptors (Lipinski definition) is 4. The van der Waals surface area contributed by atoms with E-state index in [2.05, 4.69) is 10.2 Å². The van der Waals surface area contributed by atoms with Gasteiger partial charge in [-0.3, -0.25) is 9.69 Å². The predicted octanol–water partition coefficient (Wildman–Crippen LogP) is 1.41. The van der Waals surface area contributed by atoms with Crippen LogP contribution in [0, 0.1) is 5.82 Å². The fraction of sp³-hybridized carbons (Fsp3) is 0.533. The first-order valence-electron chi connectivity index (χ1n) is 7.04. The Kier molecular flexibility index (Phi) is 6.02. The molecule has 0 aliphatic carbocycles. The molecule has 116 valence electrons. The maximum absolute atomic E-state index is 12.8. The molecular formula is C15H21FN2O2S. The Labute approximate surface area is 128 Å². The second kappa shape index (κ2) is 7.77. The largest absolute Gasteiger partial charge is 0.387 e. The summed E-state index contributed by atoms with van der Waals surface area (Å²) >= 11 is 1.91. The monoisotopic (exact) mass is 312 g/mol. The van der Waals surface area contributed by atoms with Gasteiger partial charge in [0.05, 0.1) is 12.6 Å². The van der Waals surface area contributed by atoms with Crippen LogP contribution in [0.3, 0.4) is 0 Å². The molecule has 21 heavy (non-hydrogen) atoms. The van der Waals surface area contributed by atoms with E-state index in [4.69, 9.17) is 0 Å². The van der Waals surface area contributed by atoms with E-state index in [0.29, 0.717) is 18.2 Å². The van der Waals surface area contributed by atoms with Crippen LogP contribution in [0.2, 0.25) is 0 Å². The molecule has 1 fully saturated rings. The summed E-state index contributed by atoms with van der Waals surface area (Å²) in [5, 5.41) is 12.7. The molecule has 4 nitrogen and oxygen atoms in total. The molecule has 1 aliphatic heterocycles. The van der Waals surface area contributed by atoms with Crippen LogP contribution in [-0.2, 0) is 4.79 Å². The van der Waals surface area contributed by atoms with Crippen LogP contribution in [0.15, 0.2) is 24.3 Å². The van der Waals surface area contributed by atoms with E-state index in [1.54, 1.807) is 0 Å². The van der Waals surface area contributed by atoms with Gasteiger partial charge in [0, 0.05) is 18.3 Å². The Hall–Kier alpha value is -1.11. The molecule has 0 radical (unpaired) electrons. The summed E-state index contributed by atoms with van der Waals surface area (Å²) < 4.78 is 12.8. The average Bonchev–Trinajstić information content (AvgIpc) is 3.00. The van der Waals surface area contributed by atoms with Gasteiger partial charge in [-0.05, 0) is 36.9 Å². The minimum absolute atomic E-state index is 0.101. The molecule has 2 atom stereocenters. The number of thioether (sulfide) groups is 1. The van der Waals surface area contributed by atoms with Gasteiger partial charge in [-0.1, -0.05) is 12.1 Å². The van der Waals surface area contributed by atoms with Crippen molar-refractivity contribution in [1.29, 1.82) is 0 Å². The van der Waals surface area contributed by atoms with Crippen molar-refractivity contribution in [1.82, 2.24) is 10.2 Å². The molecule has 0 saturated carbocycles. The number of amides is 1. The molecule has 1 heterocycles. The van der Waals surface area contributed by atoms with E-state index in [1.165, 1.54) is 24.3 Å². The number of likely N-dealkylation sites (N-methyl/N-ethyl adjacent to an activating group) is 1. The zero-order valence-electron chi connectivity index (χ0n) is 12.1. The van der Waals surface area contributed by atoms with Gasteiger partial charge in [-0.25, -0.2) is 4.39 Å². The SMILES string of the molecule is CN(CC(=O)NCC(O)c1ccc(F)cc1)C1CCSC1. The first kappa shape index (κ1) is 16.3. The molecule has 1 amide bonds. The third-order valence-electron chi connectivity index (χ3n) is 3.67. The van der Waals surface area contributed by atoms with Crippen molar-refractivity contribution in [2.24, 2.45) is 0 Å². The lowest BCUT2D eigenvalue weighted by Crippen LogP contribution is -2.41. The van der Waals surface area contributed by atoms with Crippen molar-refractivity contribution in [3.63, 3.8) is 0 Å². The topological polar surface area (TPSA) is 52.6 Å². The number of carbonyl (C=O) groups excluding carboxylic acids is 1. The van der Waals surface area contributed by atoms with Gasteiger partial charge in [0.1, 0.15) is 5.82 Å². The molecule has 1 aliphatic rings. The van der Waals surface area contributed by atoms with Crippen LogP contribution in [0.25, 0.3) is 0 Å². The van der Waals surface area contributed by atoms with Gasteiger partial charge in [-0.15, -0.1) is 0 Å². The predicted molar refractivity (Wildman–Crippen MR) is 82.7 cm³/mol. The molecule has 0 bridgehead atoms. The Balaban J connectivity index is 1.74. The van der Waals surface area contributed by atoms with E-state index in [9.17, 15) is 14.3 Å². The number of carbonyl (C=O) groups is 1. The van der Waals surface area contributed by atoms with Crippen molar-refractivity contribution in [2.45, 2.75) is 18.6 Å². The van der Waals surface area contributed by atoms with E-state index >= 15 is 0 Å². The minimum atomic E-state index is -0.818. The van der Waals surface area contributed by atoms with Gasteiger partial charge >= 0.3 is 0 Å². The highest BCUT2D eigenvalue weighted by Crippen LogP contribution is 2.21. The number of halogens is 1. The van der Waals surface area contributed by atoms with Crippen LogP contribution in [-0.4, -0.2) is 53.6 Å². The molecule has 0 aromatic heterocycles. The van der Waals surface area contributed by atoms with Gasteiger partial charge in [0.25, 0.3) is 0 Å². The molecule has 1 aromatic carbocycles. The molecule has 2 N–H and O–H groups in total. The summed E-state index contributed by atoms with van der Waals surface area (Å²) in [5.41, 5.74) is 0.595. The number of aliphatic hydroxyl groups is 1. The number of benzene rings is 1. The number of nitrogens with zero attached hydrogens (tertiary/aromatic N) is 1. The normalized spacial score (nSPS) is 19.7. The Morgan fingerprint density at radius 1 is 1.52 bits per heavy atom. The number of rotatable bonds is 6.